The lowest BCUT2D eigenvalue weighted by Gasteiger charge is -2.31. The Morgan fingerprint density at radius 1 is 1.27 bits per heavy atom. The summed E-state index contributed by atoms with van der Waals surface area (Å²) in [5.74, 6) is -1.64. The lowest BCUT2D eigenvalue weighted by molar-refractivity contribution is -0.159. The number of carbonyl (C=O) groups is 1. The van der Waals surface area contributed by atoms with E-state index < -0.39 is 17.7 Å². The fraction of sp³-hybridized carbons (Fsp3) is 0.667. The van der Waals surface area contributed by atoms with Crippen molar-refractivity contribution >= 4 is 22.9 Å². The van der Waals surface area contributed by atoms with Crippen LogP contribution in [-0.2, 0) is 14.3 Å². The van der Waals surface area contributed by atoms with Gasteiger partial charge in [-0.05, 0) is 48.8 Å². The highest BCUT2D eigenvalue weighted by Gasteiger charge is 2.39. The van der Waals surface area contributed by atoms with Crippen molar-refractivity contribution in [3.63, 3.8) is 0 Å². The molecular weight excluding hydrogens is 348 g/mol. The van der Waals surface area contributed by atoms with Gasteiger partial charge in [-0.3, -0.25) is 4.79 Å². The summed E-state index contributed by atoms with van der Waals surface area (Å²) in [5, 5.41) is 9.96. The molecule has 1 fully saturated rings. The normalized spacial score (nSPS) is 21.0. The number of rotatable bonds is 4. The van der Waals surface area contributed by atoms with Crippen molar-refractivity contribution in [1.29, 1.82) is 0 Å². The number of aliphatic carboxylic acids is 1. The smallest absolute Gasteiger partial charge is 0.311 e. The molecule has 1 unspecified atom stereocenters. The molecule has 4 nitrogen and oxygen atoms in total. The molecule has 0 amide bonds. The molecule has 1 N–H and O–H groups in total. The number of allylic oxidation sites excluding steroid dienone is 1. The van der Waals surface area contributed by atoms with Crippen LogP contribution in [0.2, 0.25) is 0 Å². The predicted molar refractivity (Wildman–Crippen MR) is 105 cm³/mol. The minimum absolute atomic E-state index is 0.0425. The standard InChI is InChI=1S/C21H30O4S/c1-13-17(15-6-8-21(9-7-15)24-10-11-25-21)18(14(2)26-13)16(19(22)23)12-20(3,4)5/h6,16H,7-12H2,1-5H3,(H,22,23). The van der Waals surface area contributed by atoms with Gasteiger partial charge in [0.15, 0.2) is 5.79 Å². The molecule has 1 aliphatic carbocycles. The third-order valence-corrected chi connectivity index (χ3v) is 6.38. The SMILES string of the molecule is Cc1sc(C)c(C(CC(C)(C)C)C(=O)O)c1C1=CCC2(CC1)OCCO2. The maximum Gasteiger partial charge on any atom is 0.311 e. The quantitative estimate of drug-likeness (QED) is 0.774. The third-order valence-electron chi connectivity index (χ3n) is 5.34. The van der Waals surface area contributed by atoms with Crippen LogP contribution in [0.5, 0.6) is 0 Å². The van der Waals surface area contributed by atoms with Gasteiger partial charge in [-0.15, -0.1) is 11.3 Å². The van der Waals surface area contributed by atoms with Crippen molar-refractivity contribution in [1.82, 2.24) is 0 Å². The highest BCUT2D eigenvalue weighted by atomic mass is 32.1. The molecule has 0 bridgehead atoms. The van der Waals surface area contributed by atoms with Crippen LogP contribution in [0.15, 0.2) is 6.08 Å². The molecule has 2 aliphatic rings. The van der Waals surface area contributed by atoms with E-state index in [0.717, 1.165) is 35.3 Å². The molecule has 1 aromatic rings. The van der Waals surface area contributed by atoms with E-state index in [0.29, 0.717) is 19.6 Å². The summed E-state index contributed by atoms with van der Waals surface area (Å²) in [6, 6.07) is 0. The fourth-order valence-corrected chi connectivity index (χ4v) is 5.40. The van der Waals surface area contributed by atoms with Crippen molar-refractivity contribution in [2.75, 3.05) is 13.2 Å². The summed E-state index contributed by atoms with van der Waals surface area (Å²) >= 11 is 1.72. The van der Waals surface area contributed by atoms with Gasteiger partial charge in [-0.2, -0.15) is 0 Å². The summed E-state index contributed by atoms with van der Waals surface area (Å²) < 4.78 is 11.6. The molecule has 5 heteroatoms. The van der Waals surface area contributed by atoms with Gasteiger partial charge in [-0.25, -0.2) is 0 Å². The highest BCUT2D eigenvalue weighted by Crippen LogP contribution is 2.46. The first-order valence-corrected chi connectivity index (χ1v) is 10.2. The van der Waals surface area contributed by atoms with Gasteiger partial charge in [0, 0.05) is 22.6 Å². The van der Waals surface area contributed by atoms with Crippen molar-refractivity contribution in [2.45, 2.75) is 72.0 Å². The Morgan fingerprint density at radius 2 is 1.92 bits per heavy atom. The zero-order chi connectivity index (χ0) is 19.1. The van der Waals surface area contributed by atoms with E-state index in [1.807, 2.05) is 0 Å². The summed E-state index contributed by atoms with van der Waals surface area (Å²) in [6.45, 7) is 11.8. The minimum Gasteiger partial charge on any atom is -0.481 e. The largest absolute Gasteiger partial charge is 0.481 e. The zero-order valence-electron chi connectivity index (χ0n) is 16.5. The van der Waals surface area contributed by atoms with Crippen LogP contribution in [0.1, 0.15) is 73.3 Å². The van der Waals surface area contributed by atoms with Gasteiger partial charge >= 0.3 is 5.97 Å². The second-order valence-electron chi connectivity index (χ2n) is 8.70. The van der Waals surface area contributed by atoms with Crippen LogP contribution in [0.3, 0.4) is 0 Å². The zero-order valence-corrected chi connectivity index (χ0v) is 17.3. The first kappa shape index (κ1) is 19.6. The van der Waals surface area contributed by atoms with Crippen LogP contribution >= 0.6 is 11.3 Å². The lowest BCUT2D eigenvalue weighted by Crippen LogP contribution is -2.31. The molecule has 144 valence electrons. The highest BCUT2D eigenvalue weighted by molar-refractivity contribution is 7.12. The summed E-state index contributed by atoms with van der Waals surface area (Å²) in [4.78, 5) is 14.5. The van der Waals surface area contributed by atoms with Crippen molar-refractivity contribution < 1.29 is 19.4 Å². The van der Waals surface area contributed by atoms with Gasteiger partial charge in [0.05, 0.1) is 19.1 Å². The Kier molecular flexibility index (Phi) is 5.35. The fourth-order valence-electron chi connectivity index (χ4n) is 4.24. The van der Waals surface area contributed by atoms with E-state index in [4.69, 9.17) is 9.47 Å². The van der Waals surface area contributed by atoms with Crippen molar-refractivity contribution in [2.24, 2.45) is 5.41 Å². The molecule has 2 heterocycles. The monoisotopic (exact) mass is 378 g/mol. The third kappa shape index (κ3) is 3.90. The Bertz CT molecular complexity index is 717. The number of thiophene rings is 1. The van der Waals surface area contributed by atoms with E-state index in [1.54, 1.807) is 11.3 Å². The van der Waals surface area contributed by atoms with E-state index in [-0.39, 0.29) is 5.41 Å². The minimum atomic E-state index is -0.725. The Labute approximate surface area is 160 Å². The molecule has 0 aromatic carbocycles. The maximum atomic E-state index is 12.1. The maximum absolute atomic E-state index is 12.1. The second kappa shape index (κ2) is 7.10. The number of carboxylic acids is 1. The van der Waals surface area contributed by atoms with Gasteiger partial charge < -0.3 is 14.6 Å². The van der Waals surface area contributed by atoms with Gasteiger partial charge in [0.1, 0.15) is 0 Å². The molecule has 1 spiro atoms. The van der Waals surface area contributed by atoms with Gasteiger partial charge in [-0.1, -0.05) is 26.8 Å². The van der Waals surface area contributed by atoms with Crippen LogP contribution < -0.4 is 0 Å². The number of ether oxygens (including phenoxy) is 2. The second-order valence-corrected chi connectivity index (χ2v) is 10.1. The Morgan fingerprint density at radius 3 is 2.42 bits per heavy atom. The average Bonchev–Trinajstić information content (AvgIpc) is 3.10. The molecular formula is C21H30O4S. The molecule has 3 rings (SSSR count). The lowest BCUT2D eigenvalue weighted by atomic mass is 9.78. The summed E-state index contributed by atoms with van der Waals surface area (Å²) in [7, 11) is 0. The Hall–Kier alpha value is -1.17. The Balaban J connectivity index is 1.98. The topological polar surface area (TPSA) is 55.8 Å². The van der Waals surface area contributed by atoms with Gasteiger partial charge in [0.2, 0.25) is 0 Å². The summed E-state index contributed by atoms with van der Waals surface area (Å²) in [6.07, 6.45) is 5.29. The van der Waals surface area contributed by atoms with E-state index >= 15 is 0 Å². The van der Waals surface area contributed by atoms with E-state index in [1.165, 1.54) is 10.5 Å². The van der Waals surface area contributed by atoms with Crippen LogP contribution in [-0.4, -0.2) is 30.1 Å². The molecule has 1 atom stereocenters. The predicted octanol–water partition coefficient (Wildman–Crippen LogP) is 5.28. The molecule has 26 heavy (non-hydrogen) atoms. The van der Waals surface area contributed by atoms with E-state index in [2.05, 4.69) is 40.7 Å². The van der Waals surface area contributed by atoms with Crippen LogP contribution in [0.25, 0.3) is 5.57 Å². The number of aryl methyl sites for hydroxylation is 2. The molecule has 1 saturated heterocycles. The van der Waals surface area contributed by atoms with Crippen LogP contribution in [0, 0.1) is 19.3 Å². The molecule has 1 aliphatic heterocycles. The summed E-state index contributed by atoms with van der Waals surface area (Å²) in [5.41, 5.74) is 3.40. The number of hydrogen-bond acceptors (Lipinski definition) is 4. The molecule has 1 aromatic heterocycles. The van der Waals surface area contributed by atoms with Crippen molar-refractivity contribution in [3.05, 3.63) is 27.0 Å². The van der Waals surface area contributed by atoms with E-state index in [9.17, 15) is 9.90 Å². The molecule has 0 saturated carbocycles. The first-order valence-electron chi connectivity index (χ1n) is 9.42. The van der Waals surface area contributed by atoms with Gasteiger partial charge in [0.25, 0.3) is 0 Å². The number of hydrogen-bond donors (Lipinski definition) is 1. The molecule has 0 radical (unpaired) electrons. The van der Waals surface area contributed by atoms with Crippen molar-refractivity contribution in [3.8, 4) is 0 Å². The average molecular weight is 379 g/mol. The number of carboxylic acid groups (broad SMARTS) is 1. The first-order chi connectivity index (χ1) is 12.1. The van der Waals surface area contributed by atoms with Crippen LogP contribution in [0.4, 0.5) is 0 Å².